The third kappa shape index (κ3) is 4.44. The van der Waals surface area contributed by atoms with Crippen LogP contribution in [0.3, 0.4) is 0 Å². The van der Waals surface area contributed by atoms with Crippen molar-refractivity contribution in [3.05, 3.63) is 72.8 Å². The Morgan fingerprint density at radius 2 is 1.42 bits per heavy atom. The fraction of sp³-hybridized carbons (Fsp3) is 0.182. The summed E-state index contributed by atoms with van der Waals surface area (Å²) >= 11 is 1.33. The topological polar surface area (TPSA) is 57.2 Å². The fourth-order valence-electron chi connectivity index (χ4n) is 3.08. The van der Waals surface area contributed by atoms with Crippen LogP contribution in [0.15, 0.2) is 72.8 Å². The molecular formula is C22H18F4O3S2. The first-order valence-electron chi connectivity index (χ1n) is 9.20. The van der Waals surface area contributed by atoms with Crippen LogP contribution in [-0.2, 0) is 10.1 Å². The maximum absolute atomic E-state index is 12.1. The van der Waals surface area contributed by atoms with Gasteiger partial charge in [-0.2, -0.15) is 17.6 Å². The van der Waals surface area contributed by atoms with Crippen LogP contribution in [0.25, 0.3) is 31.3 Å². The summed E-state index contributed by atoms with van der Waals surface area (Å²) in [7, 11) is -6.31. The molecule has 0 aliphatic carbocycles. The largest absolute Gasteiger partial charge is 0.743 e. The van der Waals surface area contributed by atoms with Crippen LogP contribution in [0.2, 0.25) is 0 Å². The van der Waals surface area contributed by atoms with Gasteiger partial charge >= 0.3 is 11.2 Å². The predicted molar refractivity (Wildman–Crippen MR) is 116 cm³/mol. The first-order valence-corrected chi connectivity index (χ1v) is 11.5. The van der Waals surface area contributed by atoms with Crippen LogP contribution in [0.1, 0.15) is 13.3 Å². The van der Waals surface area contributed by atoms with Crippen LogP contribution in [0, 0.1) is 0 Å². The third-order valence-electron chi connectivity index (χ3n) is 4.73. The van der Waals surface area contributed by atoms with Gasteiger partial charge in [0.25, 0.3) is 0 Å². The Labute approximate surface area is 180 Å². The van der Waals surface area contributed by atoms with Crippen LogP contribution >= 0.6 is 11.3 Å². The maximum atomic E-state index is 12.1. The number of benzene rings is 3. The molecule has 164 valence electrons. The quantitative estimate of drug-likeness (QED) is 0.191. The van der Waals surface area contributed by atoms with Crippen molar-refractivity contribution in [3.8, 4) is 11.1 Å². The van der Waals surface area contributed by atoms with Gasteiger partial charge in [0.1, 0.15) is 0 Å². The van der Waals surface area contributed by atoms with Gasteiger partial charge < -0.3 is 4.55 Å². The second-order valence-corrected chi connectivity index (χ2v) is 9.33. The summed E-state index contributed by atoms with van der Waals surface area (Å²) < 4.78 is 80.2. The molecule has 4 rings (SSSR count). The smallest absolute Gasteiger partial charge is 0.396 e. The van der Waals surface area contributed by atoms with Crippen molar-refractivity contribution in [1.29, 1.82) is 0 Å². The van der Waals surface area contributed by atoms with E-state index in [4.69, 9.17) is 0 Å². The Hall–Kier alpha value is -2.49. The highest BCUT2D eigenvalue weighted by molar-refractivity contribution is 7.86. The van der Waals surface area contributed by atoms with E-state index in [-0.39, 0.29) is 0 Å². The predicted octanol–water partition coefficient (Wildman–Crippen LogP) is 6.62. The van der Waals surface area contributed by atoms with Gasteiger partial charge in [0, 0.05) is 11.8 Å². The summed E-state index contributed by atoms with van der Waals surface area (Å²) in [6.45, 7) is 0.652. The van der Waals surface area contributed by atoms with Crippen LogP contribution in [0.5, 0.6) is 0 Å². The number of hydrogen-bond donors (Lipinski definition) is 0. The van der Waals surface area contributed by atoms with Gasteiger partial charge in [0.2, 0.25) is 0 Å². The minimum absolute atomic E-state index is 0.652. The number of thiophene rings is 1. The van der Waals surface area contributed by atoms with Crippen molar-refractivity contribution in [2.75, 3.05) is 0 Å². The molecule has 0 unspecified atom stereocenters. The average Bonchev–Trinajstić information content (AvgIpc) is 3.12. The molecule has 0 aliphatic heterocycles. The number of fused-ring (bicyclic) bond motifs is 3. The lowest BCUT2D eigenvalue weighted by molar-refractivity contribution is -0.161. The summed E-state index contributed by atoms with van der Waals surface area (Å²) in [5, 5.41) is -2.74. The molecule has 3 nitrogen and oxygen atoms in total. The summed E-state index contributed by atoms with van der Waals surface area (Å²) in [6.07, 6.45) is -1.42. The minimum Gasteiger partial charge on any atom is -0.743 e. The number of alkyl halides is 4. The number of hydrogen-bond acceptors (Lipinski definition) is 3. The zero-order valence-corrected chi connectivity index (χ0v) is 17.9. The van der Waals surface area contributed by atoms with Gasteiger partial charge in [0.05, 0.1) is 5.39 Å². The zero-order chi connectivity index (χ0) is 22.9. The lowest BCUT2D eigenvalue weighted by Gasteiger charge is -2.27. The minimum atomic E-state index is -6.31. The highest BCUT2D eigenvalue weighted by Crippen LogP contribution is 2.40. The highest BCUT2D eigenvalue weighted by Gasteiger charge is 2.60. The van der Waals surface area contributed by atoms with Crippen molar-refractivity contribution >= 4 is 41.6 Å². The molecule has 0 bridgehead atoms. The van der Waals surface area contributed by atoms with E-state index >= 15 is 0 Å². The summed E-state index contributed by atoms with van der Waals surface area (Å²) in [5.41, 5.74) is 2.64. The van der Waals surface area contributed by atoms with E-state index in [1.807, 2.05) is 0 Å². The van der Waals surface area contributed by atoms with Crippen molar-refractivity contribution in [3.63, 3.8) is 0 Å². The van der Waals surface area contributed by atoms with Gasteiger partial charge in [-0.3, -0.25) is 0 Å². The molecule has 3 aromatic carbocycles. The number of rotatable bonds is 4. The maximum Gasteiger partial charge on any atom is 0.396 e. The molecule has 0 amide bonds. The van der Waals surface area contributed by atoms with E-state index in [2.05, 4.69) is 72.8 Å². The Kier molecular flexibility index (Phi) is 6.40. The molecular weight excluding hydrogens is 452 g/mol. The summed E-state index contributed by atoms with van der Waals surface area (Å²) in [6, 6.07) is 26.0. The fourth-order valence-corrected chi connectivity index (χ4v) is 4.83. The Morgan fingerprint density at radius 3 is 2.00 bits per heavy atom. The highest BCUT2D eigenvalue weighted by atomic mass is 32.2. The standard InChI is InChI=1S/C18H12S.C4H6F4O3S/c1-2-7-13(8-3-1)14-10-6-12-17-18(14)15-9-4-5-11-16(15)19-17;1-2-3(5,6)4(7,8)12(9,10)11/h1-12H;2H2,1H3,(H,9,10,11). The van der Waals surface area contributed by atoms with E-state index in [1.54, 1.807) is 0 Å². The third-order valence-corrected chi connectivity index (χ3v) is 6.90. The Bertz CT molecular complexity index is 1300. The van der Waals surface area contributed by atoms with Crippen LogP contribution in [0.4, 0.5) is 17.6 Å². The first kappa shape index (κ1) is 23.2. The molecule has 31 heavy (non-hydrogen) atoms. The molecule has 1 aromatic heterocycles. The lowest BCUT2D eigenvalue weighted by Crippen LogP contribution is -2.46. The van der Waals surface area contributed by atoms with Crippen molar-refractivity contribution in [2.45, 2.75) is 24.5 Å². The average molecular weight is 471 g/mol. The van der Waals surface area contributed by atoms with Gasteiger partial charge in [0.15, 0.2) is 19.5 Å². The first-order chi connectivity index (χ1) is 14.5. The molecule has 0 saturated heterocycles. The monoisotopic (exact) mass is 470 g/mol. The molecule has 0 fully saturated rings. The molecule has 0 aliphatic rings. The van der Waals surface area contributed by atoms with E-state index in [1.165, 1.54) is 42.6 Å². The molecule has 0 radical (unpaired) electrons. The van der Waals surface area contributed by atoms with E-state index in [0.29, 0.717) is 6.92 Å². The molecule has 9 heteroatoms. The Balaban J connectivity index is 0.000000199. The summed E-state index contributed by atoms with van der Waals surface area (Å²) in [4.78, 5) is 0. The van der Waals surface area contributed by atoms with Crippen LogP contribution in [-0.4, -0.2) is 24.1 Å². The van der Waals surface area contributed by atoms with Crippen molar-refractivity contribution in [1.82, 2.24) is 0 Å². The van der Waals surface area contributed by atoms with E-state index < -0.39 is 27.7 Å². The second-order valence-electron chi connectivity index (χ2n) is 6.72. The van der Waals surface area contributed by atoms with Gasteiger partial charge in [-0.25, -0.2) is 8.42 Å². The van der Waals surface area contributed by atoms with Gasteiger partial charge in [-0.1, -0.05) is 61.5 Å². The van der Waals surface area contributed by atoms with Crippen molar-refractivity contribution < 1.29 is 30.5 Å². The van der Waals surface area contributed by atoms with Crippen LogP contribution < -0.4 is 0 Å². The lowest BCUT2D eigenvalue weighted by atomic mass is 10.00. The second kappa shape index (κ2) is 8.57. The molecule has 0 atom stereocenters. The normalized spacial score (nSPS) is 12.6. The molecule has 0 spiro atoms. The molecule has 0 N–H and O–H groups in total. The Morgan fingerprint density at radius 1 is 0.839 bits per heavy atom. The summed E-state index contributed by atoms with van der Waals surface area (Å²) in [5.74, 6) is -4.81. The zero-order valence-electron chi connectivity index (χ0n) is 16.2. The van der Waals surface area contributed by atoms with E-state index in [9.17, 15) is 30.5 Å². The molecule has 4 aromatic rings. The SMILES string of the molecule is CCC(F)(F)C(F)(F)S(=O)(=O)[O-].c1ccc(-c2cccc3[sH+]c4ccccc4c23)cc1. The van der Waals surface area contributed by atoms with Gasteiger partial charge in [-0.05, 0) is 40.7 Å². The van der Waals surface area contributed by atoms with Gasteiger partial charge in [-0.15, -0.1) is 0 Å². The molecule has 1 heterocycles. The van der Waals surface area contributed by atoms with E-state index in [0.717, 1.165) is 0 Å². The molecule has 0 saturated carbocycles. The number of halogens is 4. The van der Waals surface area contributed by atoms with Crippen molar-refractivity contribution in [2.24, 2.45) is 0 Å².